The van der Waals surface area contributed by atoms with Gasteiger partial charge in [0.1, 0.15) is 5.75 Å². The SMILES string of the molecule is O=C(CNc1ccccc1OCCCc1ccccc1)Nc1cccc(Cl)c1. The van der Waals surface area contributed by atoms with E-state index in [0.29, 0.717) is 17.3 Å². The summed E-state index contributed by atoms with van der Waals surface area (Å²) in [6.45, 7) is 0.749. The van der Waals surface area contributed by atoms with Gasteiger partial charge in [0.25, 0.3) is 0 Å². The second kappa shape index (κ2) is 10.4. The summed E-state index contributed by atoms with van der Waals surface area (Å²) < 4.78 is 5.91. The predicted octanol–water partition coefficient (Wildman–Crippen LogP) is 5.40. The maximum Gasteiger partial charge on any atom is 0.243 e. The largest absolute Gasteiger partial charge is 0.491 e. The number of hydrogen-bond donors (Lipinski definition) is 2. The van der Waals surface area contributed by atoms with Crippen LogP contribution in [-0.4, -0.2) is 19.1 Å². The van der Waals surface area contributed by atoms with Crippen molar-refractivity contribution in [2.24, 2.45) is 0 Å². The van der Waals surface area contributed by atoms with Crippen LogP contribution in [0.2, 0.25) is 5.02 Å². The number of rotatable bonds is 9. The monoisotopic (exact) mass is 394 g/mol. The van der Waals surface area contributed by atoms with Gasteiger partial charge in [-0.25, -0.2) is 0 Å². The lowest BCUT2D eigenvalue weighted by Crippen LogP contribution is -2.22. The molecule has 5 heteroatoms. The lowest BCUT2D eigenvalue weighted by molar-refractivity contribution is -0.114. The van der Waals surface area contributed by atoms with E-state index >= 15 is 0 Å². The highest BCUT2D eigenvalue weighted by molar-refractivity contribution is 6.30. The highest BCUT2D eigenvalue weighted by Crippen LogP contribution is 2.24. The molecule has 0 aliphatic heterocycles. The Hall–Kier alpha value is -2.98. The normalized spacial score (nSPS) is 10.3. The first-order valence-electron chi connectivity index (χ1n) is 9.26. The van der Waals surface area contributed by atoms with Crippen LogP contribution in [0.15, 0.2) is 78.9 Å². The van der Waals surface area contributed by atoms with E-state index in [9.17, 15) is 4.79 Å². The van der Waals surface area contributed by atoms with Crippen LogP contribution in [0.25, 0.3) is 0 Å². The van der Waals surface area contributed by atoms with Crippen LogP contribution >= 0.6 is 11.6 Å². The Morgan fingerprint density at radius 3 is 2.54 bits per heavy atom. The summed E-state index contributed by atoms with van der Waals surface area (Å²) in [4.78, 5) is 12.2. The molecule has 0 atom stereocenters. The van der Waals surface area contributed by atoms with Gasteiger partial charge in [-0.15, -0.1) is 0 Å². The molecule has 0 bridgehead atoms. The van der Waals surface area contributed by atoms with Crippen molar-refractivity contribution in [3.05, 3.63) is 89.4 Å². The summed E-state index contributed by atoms with van der Waals surface area (Å²) in [5.41, 5.74) is 2.77. The van der Waals surface area contributed by atoms with E-state index in [-0.39, 0.29) is 12.5 Å². The smallest absolute Gasteiger partial charge is 0.243 e. The summed E-state index contributed by atoms with van der Waals surface area (Å²) in [6, 6.07) is 25.1. The van der Waals surface area contributed by atoms with Gasteiger partial charge in [-0.1, -0.05) is 60.1 Å². The van der Waals surface area contributed by atoms with E-state index in [1.165, 1.54) is 5.56 Å². The lowest BCUT2D eigenvalue weighted by Gasteiger charge is -2.13. The summed E-state index contributed by atoms with van der Waals surface area (Å²) >= 11 is 5.94. The van der Waals surface area contributed by atoms with E-state index in [4.69, 9.17) is 16.3 Å². The molecular formula is C23H23ClN2O2. The molecule has 0 saturated heterocycles. The average Bonchev–Trinajstić information content (AvgIpc) is 2.71. The molecule has 144 valence electrons. The van der Waals surface area contributed by atoms with Crippen LogP contribution in [0.4, 0.5) is 11.4 Å². The minimum Gasteiger partial charge on any atom is -0.491 e. The van der Waals surface area contributed by atoms with Crippen molar-refractivity contribution < 1.29 is 9.53 Å². The molecule has 28 heavy (non-hydrogen) atoms. The fourth-order valence-corrected chi connectivity index (χ4v) is 2.98. The fraction of sp³-hybridized carbons (Fsp3) is 0.174. The van der Waals surface area contributed by atoms with Crippen LogP contribution in [0.5, 0.6) is 5.75 Å². The molecule has 2 N–H and O–H groups in total. The number of nitrogens with one attached hydrogen (secondary N) is 2. The molecule has 0 unspecified atom stereocenters. The number of amides is 1. The third-order valence-corrected chi connectivity index (χ3v) is 4.38. The quantitative estimate of drug-likeness (QED) is 0.477. The van der Waals surface area contributed by atoms with Crippen molar-refractivity contribution in [3.8, 4) is 5.75 Å². The second-order valence-corrected chi connectivity index (χ2v) is 6.78. The molecule has 0 saturated carbocycles. The molecule has 3 aromatic carbocycles. The predicted molar refractivity (Wildman–Crippen MR) is 115 cm³/mol. The van der Waals surface area contributed by atoms with E-state index in [1.807, 2.05) is 42.5 Å². The molecule has 0 spiro atoms. The zero-order valence-corrected chi connectivity index (χ0v) is 16.3. The first-order valence-corrected chi connectivity index (χ1v) is 9.63. The number of carbonyl (C=O) groups excluding carboxylic acids is 1. The maximum absolute atomic E-state index is 12.2. The molecular weight excluding hydrogens is 372 g/mol. The van der Waals surface area contributed by atoms with Gasteiger partial charge < -0.3 is 15.4 Å². The topological polar surface area (TPSA) is 50.4 Å². The van der Waals surface area contributed by atoms with Crippen molar-refractivity contribution in [2.45, 2.75) is 12.8 Å². The van der Waals surface area contributed by atoms with Crippen molar-refractivity contribution in [1.82, 2.24) is 0 Å². The molecule has 0 radical (unpaired) electrons. The first-order chi connectivity index (χ1) is 13.7. The maximum atomic E-state index is 12.2. The summed E-state index contributed by atoms with van der Waals surface area (Å²) in [5, 5.41) is 6.54. The number of para-hydroxylation sites is 2. The van der Waals surface area contributed by atoms with Gasteiger partial charge in [0.05, 0.1) is 18.8 Å². The Kier molecular flexibility index (Phi) is 7.33. The number of hydrogen-bond acceptors (Lipinski definition) is 3. The lowest BCUT2D eigenvalue weighted by atomic mass is 10.1. The fourth-order valence-electron chi connectivity index (χ4n) is 2.79. The first kappa shape index (κ1) is 19.8. The number of anilines is 2. The van der Waals surface area contributed by atoms with Crippen molar-refractivity contribution >= 4 is 28.9 Å². The standard InChI is InChI=1S/C23H23ClN2O2/c24-19-11-6-12-20(16-19)26-23(27)17-25-21-13-4-5-14-22(21)28-15-7-10-18-8-2-1-3-9-18/h1-6,8-9,11-14,16,25H,7,10,15,17H2,(H,26,27). The zero-order chi connectivity index (χ0) is 19.6. The van der Waals surface area contributed by atoms with Crippen molar-refractivity contribution in [1.29, 1.82) is 0 Å². The van der Waals surface area contributed by atoms with E-state index in [1.54, 1.807) is 24.3 Å². The second-order valence-electron chi connectivity index (χ2n) is 6.35. The van der Waals surface area contributed by atoms with Crippen molar-refractivity contribution in [3.63, 3.8) is 0 Å². The minimum absolute atomic E-state index is 0.136. The third-order valence-electron chi connectivity index (χ3n) is 4.15. The van der Waals surface area contributed by atoms with Crippen LogP contribution in [0.1, 0.15) is 12.0 Å². The minimum atomic E-state index is -0.152. The highest BCUT2D eigenvalue weighted by atomic mass is 35.5. The van der Waals surface area contributed by atoms with Gasteiger partial charge in [-0.3, -0.25) is 4.79 Å². The summed E-state index contributed by atoms with van der Waals surface area (Å²) in [6.07, 6.45) is 1.89. The summed E-state index contributed by atoms with van der Waals surface area (Å²) in [7, 11) is 0. The zero-order valence-electron chi connectivity index (χ0n) is 15.5. The van der Waals surface area contributed by atoms with Crippen LogP contribution in [0, 0.1) is 0 Å². The molecule has 4 nitrogen and oxygen atoms in total. The molecule has 0 aromatic heterocycles. The molecule has 0 aliphatic carbocycles. The Balaban J connectivity index is 1.47. The number of aryl methyl sites for hydroxylation is 1. The van der Waals surface area contributed by atoms with Crippen molar-refractivity contribution in [2.75, 3.05) is 23.8 Å². The number of ether oxygens (including phenoxy) is 1. The van der Waals surface area contributed by atoms with Gasteiger partial charge in [-0.05, 0) is 48.7 Å². The molecule has 3 aromatic rings. The van der Waals surface area contributed by atoms with Gasteiger partial charge >= 0.3 is 0 Å². The number of carbonyl (C=O) groups is 1. The average molecular weight is 395 g/mol. The Morgan fingerprint density at radius 2 is 1.71 bits per heavy atom. The Bertz CT molecular complexity index is 900. The van der Waals surface area contributed by atoms with E-state index in [0.717, 1.165) is 24.3 Å². The van der Waals surface area contributed by atoms with Gasteiger partial charge in [-0.2, -0.15) is 0 Å². The molecule has 0 aliphatic rings. The molecule has 3 rings (SSSR count). The Morgan fingerprint density at radius 1 is 0.929 bits per heavy atom. The molecule has 0 heterocycles. The third kappa shape index (κ3) is 6.32. The highest BCUT2D eigenvalue weighted by Gasteiger charge is 2.06. The van der Waals surface area contributed by atoms with E-state index in [2.05, 4.69) is 22.8 Å². The molecule has 0 fully saturated rings. The number of halogens is 1. The van der Waals surface area contributed by atoms with Gasteiger partial charge in [0.15, 0.2) is 0 Å². The van der Waals surface area contributed by atoms with Gasteiger partial charge in [0.2, 0.25) is 5.91 Å². The van der Waals surface area contributed by atoms with Crippen LogP contribution in [0.3, 0.4) is 0 Å². The Labute approximate surface area is 170 Å². The van der Waals surface area contributed by atoms with Gasteiger partial charge in [0, 0.05) is 10.7 Å². The molecule has 1 amide bonds. The number of benzene rings is 3. The van der Waals surface area contributed by atoms with Crippen LogP contribution < -0.4 is 15.4 Å². The summed E-state index contributed by atoms with van der Waals surface area (Å²) in [5.74, 6) is 0.590. The van der Waals surface area contributed by atoms with E-state index < -0.39 is 0 Å². The van der Waals surface area contributed by atoms with Crippen LogP contribution in [-0.2, 0) is 11.2 Å².